The van der Waals surface area contributed by atoms with Crippen LogP contribution in [-0.4, -0.2) is 53.6 Å². The molecule has 0 aliphatic rings. The topological polar surface area (TPSA) is 81.7 Å². The number of halogens is 2. The minimum Gasteiger partial charge on any atom is -0.390 e. The number of nitrogens with one attached hydrogen (secondary N) is 2. The van der Waals surface area contributed by atoms with Crippen LogP contribution >= 0.6 is 0 Å². The molecule has 238 valence electrons. The van der Waals surface area contributed by atoms with E-state index in [1.54, 1.807) is 18.2 Å². The molecule has 0 aromatic heterocycles. The molecule has 0 spiro atoms. The Hall–Kier alpha value is -3.62. The number of carbonyl (C=O) groups excluding carboxylic acids is 2. The molecule has 0 bridgehead atoms. The number of hydrogen-bond donors (Lipinski definition) is 3. The van der Waals surface area contributed by atoms with Crippen molar-refractivity contribution in [3.63, 3.8) is 0 Å². The molecule has 2 amide bonds. The largest absolute Gasteiger partial charge is 0.390 e. The van der Waals surface area contributed by atoms with Crippen LogP contribution in [0.25, 0.3) is 0 Å². The van der Waals surface area contributed by atoms with Gasteiger partial charge in [-0.1, -0.05) is 57.9 Å². The molecule has 44 heavy (non-hydrogen) atoms. The van der Waals surface area contributed by atoms with Crippen molar-refractivity contribution in [2.75, 3.05) is 19.6 Å². The van der Waals surface area contributed by atoms with E-state index >= 15 is 0 Å². The first kappa shape index (κ1) is 34.9. The lowest BCUT2D eigenvalue weighted by Gasteiger charge is -2.26. The third-order valence-electron chi connectivity index (χ3n) is 7.68. The van der Waals surface area contributed by atoms with Crippen LogP contribution in [0.1, 0.15) is 89.4 Å². The molecule has 0 aliphatic carbocycles. The number of carbonyl (C=O) groups is 2. The second kappa shape index (κ2) is 17.6. The van der Waals surface area contributed by atoms with Gasteiger partial charge in [-0.2, -0.15) is 0 Å². The zero-order chi connectivity index (χ0) is 32.1. The number of rotatable bonds is 17. The van der Waals surface area contributed by atoms with Crippen molar-refractivity contribution >= 4 is 11.8 Å². The van der Waals surface area contributed by atoms with Gasteiger partial charge in [0.1, 0.15) is 11.6 Å². The fourth-order valence-electron chi connectivity index (χ4n) is 5.22. The van der Waals surface area contributed by atoms with Gasteiger partial charge >= 0.3 is 0 Å². The Labute approximate surface area is 260 Å². The summed E-state index contributed by atoms with van der Waals surface area (Å²) in [5.41, 5.74) is 4.05. The minimum absolute atomic E-state index is 0.00794. The van der Waals surface area contributed by atoms with E-state index in [-0.39, 0.29) is 24.4 Å². The predicted molar refractivity (Wildman–Crippen MR) is 172 cm³/mol. The summed E-state index contributed by atoms with van der Waals surface area (Å²) in [7, 11) is 0. The average molecular weight is 608 g/mol. The van der Waals surface area contributed by atoms with Crippen LogP contribution in [0.3, 0.4) is 0 Å². The van der Waals surface area contributed by atoms with Gasteiger partial charge in [-0.15, -0.1) is 0 Å². The number of nitrogens with zero attached hydrogens (tertiary/aromatic N) is 1. The van der Waals surface area contributed by atoms with Crippen LogP contribution in [0.15, 0.2) is 60.7 Å². The van der Waals surface area contributed by atoms with Crippen molar-refractivity contribution < 1.29 is 23.5 Å². The van der Waals surface area contributed by atoms with Crippen LogP contribution in [0, 0.1) is 18.6 Å². The van der Waals surface area contributed by atoms with Crippen LogP contribution in [0.4, 0.5) is 8.78 Å². The van der Waals surface area contributed by atoms with E-state index < -0.39 is 29.7 Å². The van der Waals surface area contributed by atoms with Gasteiger partial charge in [0, 0.05) is 43.4 Å². The maximum absolute atomic E-state index is 14.0. The Bertz CT molecular complexity index is 1350. The summed E-state index contributed by atoms with van der Waals surface area (Å²) in [4.78, 5) is 28.9. The van der Waals surface area contributed by atoms with Gasteiger partial charge < -0.3 is 20.6 Å². The molecule has 3 aromatic carbocycles. The normalized spacial score (nSPS) is 12.5. The number of aliphatic hydroxyl groups is 1. The summed E-state index contributed by atoms with van der Waals surface area (Å²) in [6.45, 7) is 10.0. The van der Waals surface area contributed by atoms with Gasteiger partial charge in [0.05, 0.1) is 12.1 Å². The standard InChI is InChI=1S/C36H47F2N3O3/c1-5-8-13-41(14-9-6-2)36(44)30-16-25(4)15-29(21-30)35(43)40-33(20-28-18-31(37)22-32(38)19-28)34(42)24-39-23-27-12-10-11-26(7-3)17-27/h10-12,15-19,21-22,33-34,39,42H,5-9,13-14,20,23-24H2,1-4H3,(H,40,43)/t33-,34+/m0/s1. The molecule has 0 saturated carbocycles. The van der Waals surface area contributed by atoms with E-state index in [9.17, 15) is 23.5 Å². The molecule has 0 heterocycles. The average Bonchev–Trinajstić information content (AvgIpc) is 2.99. The second-order valence-electron chi connectivity index (χ2n) is 11.5. The Balaban J connectivity index is 1.80. The lowest BCUT2D eigenvalue weighted by atomic mass is 9.99. The Morgan fingerprint density at radius 1 is 0.841 bits per heavy atom. The van der Waals surface area contributed by atoms with Gasteiger partial charge in [-0.25, -0.2) is 8.78 Å². The Kier molecular flexibility index (Phi) is 14.0. The van der Waals surface area contributed by atoms with E-state index in [1.807, 2.05) is 24.0 Å². The van der Waals surface area contributed by atoms with E-state index in [0.29, 0.717) is 30.8 Å². The van der Waals surface area contributed by atoms with E-state index in [1.165, 1.54) is 17.7 Å². The van der Waals surface area contributed by atoms with Gasteiger partial charge in [-0.3, -0.25) is 9.59 Å². The quantitative estimate of drug-likeness (QED) is 0.167. The summed E-state index contributed by atoms with van der Waals surface area (Å²) in [5, 5.41) is 17.3. The first-order valence-corrected chi connectivity index (χ1v) is 15.8. The Morgan fingerprint density at radius 3 is 2.11 bits per heavy atom. The third kappa shape index (κ3) is 10.8. The highest BCUT2D eigenvalue weighted by atomic mass is 19.1. The second-order valence-corrected chi connectivity index (χ2v) is 11.5. The number of benzene rings is 3. The summed E-state index contributed by atoms with van der Waals surface area (Å²) in [6, 6.07) is 15.5. The molecular formula is C36H47F2N3O3. The van der Waals surface area contributed by atoms with Crippen LogP contribution < -0.4 is 10.6 Å². The molecule has 6 nitrogen and oxygen atoms in total. The van der Waals surface area contributed by atoms with Crippen molar-refractivity contribution in [3.8, 4) is 0 Å². The third-order valence-corrected chi connectivity index (χ3v) is 7.68. The van der Waals surface area contributed by atoms with Gasteiger partial charge in [0.25, 0.3) is 11.8 Å². The molecule has 0 unspecified atom stereocenters. The maximum atomic E-state index is 14.0. The summed E-state index contributed by atoms with van der Waals surface area (Å²) < 4.78 is 28.0. The van der Waals surface area contributed by atoms with Crippen LogP contribution in [0.5, 0.6) is 0 Å². The van der Waals surface area contributed by atoms with E-state index in [0.717, 1.165) is 49.3 Å². The molecular weight excluding hydrogens is 560 g/mol. The number of aryl methyl sites for hydroxylation is 2. The fraction of sp³-hybridized carbons (Fsp3) is 0.444. The number of unbranched alkanes of at least 4 members (excludes halogenated alkanes) is 2. The first-order valence-electron chi connectivity index (χ1n) is 15.8. The molecule has 0 fully saturated rings. The zero-order valence-electron chi connectivity index (χ0n) is 26.5. The van der Waals surface area contributed by atoms with Crippen LogP contribution in [0.2, 0.25) is 0 Å². The molecule has 3 rings (SSSR count). The molecule has 0 saturated heterocycles. The lowest BCUT2D eigenvalue weighted by molar-refractivity contribution is 0.0751. The molecule has 0 aliphatic heterocycles. The smallest absolute Gasteiger partial charge is 0.253 e. The SMILES string of the molecule is CCCCN(CCCC)C(=O)c1cc(C)cc(C(=O)N[C@@H](Cc2cc(F)cc(F)c2)[C@H](O)CNCc2cccc(CC)c2)c1. The molecule has 0 radical (unpaired) electrons. The maximum Gasteiger partial charge on any atom is 0.253 e. The van der Waals surface area contributed by atoms with Crippen LogP contribution in [-0.2, 0) is 19.4 Å². The summed E-state index contributed by atoms with van der Waals surface area (Å²) in [5.74, 6) is -2.06. The highest BCUT2D eigenvalue weighted by molar-refractivity contribution is 6.00. The van der Waals surface area contributed by atoms with Crippen molar-refractivity contribution in [2.24, 2.45) is 0 Å². The van der Waals surface area contributed by atoms with Crippen molar-refractivity contribution in [3.05, 3.63) is 106 Å². The number of amides is 2. The van der Waals surface area contributed by atoms with Gasteiger partial charge in [-0.05, 0) is 85.2 Å². The van der Waals surface area contributed by atoms with Gasteiger partial charge in [0.2, 0.25) is 0 Å². The molecule has 2 atom stereocenters. The van der Waals surface area contributed by atoms with Crippen molar-refractivity contribution in [1.29, 1.82) is 0 Å². The predicted octanol–water partition coefficient (Wildman–Crippen LogP) is 6.37. The van der Waals surface area contributed by atoms with E-state index in [2.05, 4.69) is 43.5 Å². The fourth-order valence-corrected chi connectivity index (χ4v) is 5.22. The van der Waals surface area contributed by atoms with E-state index in [4.69, 9.17) is 0 Å². The summed E-state index contributed by atoms with van der Waals surface area (Å²) in [6.07, 6.45) is 3.58. The molecule has 8 heteroatoms. The lowest BCUT2D eigenvalue weighted by Crippen LogP contribution is -2.48. The molecule has 3 aromatic rings. The number of hydrogen-bond acceptors (Lipinski definition) is 4. The first-order chi connectivity index (χ1) is 21.1. The number of aliphatic hydroxyl groups excluding tert-OH is 1. The van der Waals surface area contributed by atoms with Gasteiger partial charge in [0.15, 0.2) is 0 Å². The van der Waals surface area contributed by atoms with Crippen molar-refractivity contribution in [1.82, 2.24) is 15.5 Å². The Morgan fingerprint density at radius 2 is 1.48 bits per heavy atom. The monoisotopic (exact) mass is 607 g/mol. The minimum atomic E-state index is -1.07. The zero-order valence-corrected chi connectivity index (χ0v) is 26.5. The highest BCUT2D eigenvalue weighted by Gasteiger charge is 2.24. The summed E-state index contributed by atoms with van der Waals surface area (Å²) >= 11 is 0. The highest BCUT2D eigenvalue weighted by Crippen LogP contribution is 2.17. The molecule has 3 N–H and O–H groups in total. The van der Waals surface area contributed by atoms with Crippen molar-refractivity contribution in [2.45, 2.75) is 84.9 Å².